The molecule has 3 spiro atoms. The third-order valence-corrected chi connectivity index (χ3v) is 10.1. The molecule has 0 amide bonds. The molecule has 0 N–H and O–H groups in total. The third-order valence-electron chi connectivity index (χ3n) is 10.1. The minimum Gasteiger partial charge on any atom is -0.0885 e. The van der Waals surface area contributed by atoms with Crippen molar-refractivity contribution in [1.29, 1.82) is 0 Å². The van der Waals surface area contributed by atoms with Gasteiger partial charge in [-0.25, -0.2) is 0 Å². The summed E-state index contributed by atoms with van der Waals surface area (Å²) in [6, 6.07) is 0. The molecule has 36 heavy (non-hydrogen) atoms. The summed E-state index contributed by atoms with van der Waals surface area (Å²) in [5.41, 5.74) is 1.81. The van der Waals surface area contributed by atoms with Gasteiger partial charge in [0.2, 0.25) is 0 Å². The zero-order valence-corrected chi connectivity index (χ0v) is 23.5. The van der Waals surface area contributed by atoms with Crippen molar-refractivity contribution in [3.63, 3.8) is 0 Å². The number of rotatable bonds is 0. The minimum absolute atomic E-state index is 0.575. The molecule has 6 aliphatic carbocycles. The van der Waals surface area contributed by atoms with Crippen molar-refractivity contribution in [1.82, 2.24) is 0 Å². The lowest BCUT2D eigenvalue weighted by molar-refractivity contribution is 0.298. The average Bonchev–Trinajstić information content (AvgIpc) is 3.19. The van der Waals surface area contributed by atoms with E-state index in [1.807, 2.05) is 0 Å². The molecule has 0 aromatic heterocycles. The molecule has 1 fully saturated rings. The van der Waals surface area contributed by atoms with E-state index in [1.54, 1.807) is 0 Å². The van der Waals surface area contributed by atoms with Crippen molar-refractivity contribution < 1.29 is 0 Å². The molecular weight excluding hydrogens is 432 g/mol. The Morgan fingerprint density at radius 1 is 0.278 bits per heavy atom. The third kappa shape index (κ3) is 8.63. The van der Waals surface area contributed by atoms with Crippen LogP contribution in [0, 0.1) is 16.2 Å². The van der Waals surface area contributed by atoms with Gasteiger partial charge < -0.3 is 0 Å². The van der Waals surface area contributed by atoms with Gasteiger partial charge in [-0.2, -0.15) is 0 Å². The second-order valence-corrected chi connectivity index (χ2v) is 13.0. The fourth-order valence-corrected chi connectivity index (χ4v) is 7.76. The minimum atomic E-state index is 0.575. The predicted molar refractivity (Wildman–Crippen MR) is 159 cm³/mol. The number of allylic oxidation sites excluding steroid dienone is 10. The summed E-state index contributed by atoms with van der Waals surface area (Å²) in [6.07, 6.45) is 56.4. The molecule has 6 rings (SSSR count). The van der Waals surface area contributed by atoms with E-state index >= 15 is 0 Å². The highest BCUT2D eigenvalue weighted by atomic mass is 14.3. The number of hydrogen-bond donors (Lipinski definition) is 0. The van der Waals surface area contributed by atoms with E-state index in [0.717, 1.165) is 0 Å². The quantitative estimate of drug-likeness (QED) is 0.297. The summed E-state index contributed by atoms with van der Waals surface area (Å²) < 4.78 is 0. The van der Waals surface area contributed by atoms with Crippen molar-refractivity contribution in [2.45, 2.75) is 148 Å². The summed E-state index contributed by atoms with van der Waals surface area (Å²) in [5, 5.41) is 0. The molecule has 2 atom stereocenters. The van der Waals surface area contributed by atoms with E-state index in [2.05, 4.69) is 60.8 Å². The van der Waals surface area contributed by atoms with Crippen LogP contribution in [0.25, 0.3) is 0 Å². The predicted octanol–water partition coefficient (Wildman–Crippen LogP) is 11.8. The van der Waals surface area contributed by atoms with Gasteiger partial charge in [0.05, 0.1) is 0 Å². The first-order valence-corrected chi connectivity index (χ1v) is 16.1. The normalized spacial score (nSPS) is 33.1. The Morgan fingerprint density at radius 3 is 1.25 bits per heavy atom. The van der Waals surface area contributed by atoms with Gasteiger partial charge in [-0.3, -0.25) is 0 Å². The Kier molecular flexibility index (Phi) is 11.2. The Bertz CT molecular complexity index is 768. The Labute approximate surface area is 224 Å². The van der Waals surface area contributed by atoms with Gasteiger partial charge >= 0.3 is 0 Å². The fourth-order valence-electron chi connectivity index (χ4n) is 7.76. The zero-order valence-electron chi connectivity index (χ0n) is 23.5. The first-order chi connectivity index (χ1) is 17.7. The van der Waals surface area contributed by atoms with Gasteiger partial charge in [0, 0.05) is 0 Å². The molecule has 200 valence electrons. The maximum Gasteiger partial charge on any atom is -0.00807 e. The molecule has 1 saturated carbocycles. The molecule has 0 radical (unpaired) electrons. The van der Waals surface area contributed by atoms with Crippen LogP contribution in [0.2, 0.25) is 0 Å². The lowest BCUT2D eigenvalue weighted by atomic mass is 9.74. The molecule has 0 aliphatic heterocycles. The molecule has 0 aromatic carbocycles. The molecule has 0 saturated heterocycles. The van der Waals surface area contributed by atoms with Crippen LogP contribution in [-0.4, -0.2) is 0 Å². The highest BCUT2D eigenvalue weighted by molar-refractivity contribution is 5.11. The van der Waals surface area contributed by atoms with E-state index in [-0.39, 0.29) is 0 Å². The van der Waals surface area contributed by atoms with E-state index in [4.69, 9.17) is 0 Å². The van der Waals surface area contributed by atoms with Crippen molar-refractivity contribution in [3.05, 3.63) is 60.8 Å². The Hall–Kier alpha value is -1.30. The summed E-state index contributed by atoms with van der Waals surface area (Å²) in [7, 11) is 0. The second-order valence-electron chi connectivity index (χ2n) is 13.0. The molecular formula is C36H56. The topological polar surface area (TPSA) is 0 Å². The van der Waals surface area contributed by atoms with Crippen LogP contribution in [0.3, 0.4) is 0 Å². The van der Waals surface area contributed by atoms with Gasteiger partial charge in [-0.1, -0.05) is 92.9 Å². The summed E-state index contributed by atoms with van der Waals surface area (Å²) in [5.74, 6) is 0. The Balaban J connectivity index is 0.000000127. The van der Waals surface area contributed by atoms with E-state index < -0.39 is 0 Å². The largest absolute Gasteiger partial charge is 0.0885 e. The fraction of sp³-hybridized carbons (Fsp3) is 0.722. The van der Waals surface area contributed by atoms with Gasteiger partial charge in [-0.05, 0) is 132 Å². The molecule has 0 heterocycles. The highest BCUT2D eigenvalue weighted by Crippen LogP contribution is 2.43. The summed E-state index contributed by atoms with van der Waals surface area (Å²) in [6.45, 7) is 0. The van der Waals surface area contributed by atoms with Crippen molar-refractivity contribution in [3.8, 4) is 0 Å². The second kappa shape index (κ2) is 14.6. The average molecular weight is 489 g/mol. The maximum absolute atomic E-state index is 2.57. The summed E-state index contributed by atoms with van der Waals surface area (Å²) >= 11 is 0. The zero-order chi connectivity index (χ0) is 24.8. The van der Waals surface area contributed by atoms with Crippen LogP contribution in [0.1, 0.15) is 148 Å². The van der Waals surface area contributed by atoms with Crippen molar-refractivity contribution in [2.75, 3.05) is 0 Å². The first kappa shape index (κ1) is 27.7. The van der Waals surface area contributed by atoms with Gasteiger partial charge in [0.25, 0.3) is 0 Å². The smallest absolute Gasteiger partial charge is 0.00807 e. The highest BCUT2D eigenvalue weighted by Gasteiger charge is 2.29. The molecule has 6 aliphatic rings. The molecule has 2 unspecified atom stereocenters. The van der Waals surface area contributed by atoms with Crippen LogP contribution in [-0.2, 0) is 0 Å². The SMILES string of the molecule is C1=CC2(CCCC1)CCCCCC2.C1=CCC2(C=CCC2)CCC1.C1=CCC2(C=CCCC2)CCC1. The number of hydrogen-bond acceptors (Lipinski definition) is 0. The Morgan fingerprint density at radius 2 is 0.694 bits per heavy atom. The lowest BCUT2D eigenvalue weighted by Crippen LogP contribution is -2.18. The van der Waals surface area contributed by atoms with Crippen LogP contribution < -0.4 is 0 Å². The van der Waals surface area contributed by atoms with Crippen molar-refractivity contribution in [2.24, 2.45) is 16.2 Å². The lowest BCUT2D eigenvalue weighted by Gasteiger charge is -2.31. The van der Waals surface area contributed by atoms with E-state index in [9.17, 15) is 0 Å². The molecule has 0 aromatic rings. The van der Waals surface area contributed by atoms with Crippen LogP contribution >= 0.6 is 0 Å². The van der Waals surface area contributed by atoms with Gasteiger partial charge in [0.15, 0.2) is 0 Å². The summed E-state index contributed by atoms with van der Waals surface area (Å²) in [4.78, 5) is 0. The first-order valence-electron chi connectivity index (χ1n) is 16.1. The molecule has 0 bridgehead atoms. The standard InChI is InChI=1S/C13H22.C12H18.C11H16/c1-2-6-10-13(9-5-1)11-7-3-4-8-12-13;1-2-5-9-12(8-4-1)10-6-3-7-11-12;1-2-4-8-11(7-3-1)9-5-6-10-11/h5,9H,1-4,6-8,10-12H2;1,4,6,10H,2-3,5,7-9,11H2;1,3,5,9H,2,4,6-8,10H2. The van der Waals surface area contributed by atoms with Crippen LogP contribution in [0.15, 0.2) is 60.8 Å². The molecule has 0 nitrogen and oxygen atoms in total. The van der Waals surface area contributed by atoms with E-state index in [1.165, 1.54) is 148 Å². The van der Waals surface area contributed by atoms with Crippen LogP contribution in [0.4, 0.5) is 0 Å². The monoisotopic (exact) mass is 488 g/mol. The van der Waals surface area contributed by atoms with Crippen molar-refractivity contribution >= 4 is 0 Å². The maximum atomic E-state index is 2.57. The van der Waals surface area contributed by atoms with Crippen LogP contribution in [0.5, 0.6) is 0 Å². The molecule has 0 heteroatoms. The van der Waals surface area contributed by atoms with Gasteiger partial charge in [-0.15, -0.1) is 0 Å². The van der Waals surface area contributed by atoms with Gasteiger partial charge in [0.1, 0.15) is 0 Å². The van der Waals surface area contributed by atoms with E-state index in [0.29, 0.717) is 16.2 Å².